The molecule has 1 saturated heterocycles. The summed E-state index contributed by atoms with van der Waals surface area (Å²) in [5, 5.41) is 10.8. The van der Waals surface area contributed by atoms with Crippen LogP contribution in [0.15, 0.2) is 72.8 Å². The van der Waals surface area contributed by atoms with Crippen LogP contribution in [-0.4, -0.2) is 23.5 Å². The molecule has 0 saturated carbocycles. The van der Waals surface area contributed by atoms with Crippen LogP contribution in [0.5, 0.6) is 0 Å². The second-order valence-corrected chi connectivity index (χ2v) is 8.64. The number of hydrogen-bond acceptors (Lipinski definition) is 3. The lowest BCUT2D eigenvalue weighted by Crippen LogP contribution is -2.55. The van der Waals surface area contributed by atoms with E-state index in [-0.39, 0.29) is 24.3 Å². The van der Waals surface area contributed by atoms with Crippen LogP contribution in [0.3, 0.4) is 0 Å². The summed E-state index contributed by atoms with van der Waals surface area (Å²) in [5.74, 6) is -1.66. The number of aryl methyl sites for hydroxylation is 1. The standard InChI is InChI=1S/C26H21NO3/c1-15-7-6-8-16(13-15)27-24(29)22-21-17-9-2-4-11-19(17)26(14-28,23(22)25(27)30)20-12-5-3-10-18(20)21/h2-13,21-23,28H,14H2,1H3/t21?,22-,23-,26?/m1/s1. The van der Waals surface area contributed by atoms with E-state index in [1.165, 1.54) is 4.90 Å². The number of hydrogen-bond donors (Lipinski definition) is 1. The van der Waals surface area contributed by atoms with Gasteiger partial charge >= 0.3 is 0 Å². The largest absolute Gasteiger partial charge is 0.395 e. The number of aliphatic hydroxyl groups excluding tert-OH is 1. The zero-order valence-corrected chi connectivity index (χ0v) is 16.6. The van der Waals surface area contributed by atoms with Crippen LogP contribution in [0.2, 0.25) is 0 Å². The molecule has 1 N–H and O–H groups in total. The van der Waals surface area contributed by atoms with Gasteiger partial charge in [-0.15, -0.1) is 0 Å². The number of carbonyl (C=O) groups excluding carboxylic acids is 2. The molecular formula is C26H21NO3. The van der Waals surface area contributed by atoms with Crippen molar-refractivity contribution in [2.45, 2.75) is 18.3 Å². The lowest BCUT2D eigenvalue weighted by Gasteiger charge is -2.53. The third-order valence-electron chi connectivity index (χ3n) is 7.30. The summed E-state index contributed by atoms with van der Waals surface area (Å²) >= 11 is 0. The summed E-state index contributed by atoms with van der Waals surface area (Å²) in [5.41, 5.74) is 4.76. The minimum absolute atomic E-state index is 0.164. The molecule has 1 fully saturated rings. The van der Waals surface area contributed by atoms with E-state index in [4.69, 9.17) is 0 Å². The summed E-state index contributed by atoms with van der Waals surface area (Å²) in [7, 11) is 0. The van der Waals surface area contributed by atoms with Gasteiger partial charge in [0, 0.05) is 5.92 Å². The molecule has 2 amide bonds. The first-order valence-corrected chi connectivity index (χ1v) is 10.3. The molecule has 7 rings (SSSR count). The number of benzene rings is 3. The van der Waals surface area contributed by atoms with E-state index in [0.717, 1.165) is 27.8 Å². The van der Waals surface area contributed by atoms with Gasteiger partial charge in [0.05, 0.1) is 29.5 Å². The van der Waals surface area contributed by atoms with Crippen LogP contribution >= 0.6 is 0 Å². The fraction of sp³-hybridized carbons (Fsp3) is 0.231. The van der Waals surface area contributed by atoms with Gasteiger partial charge in [-0.3, -0.25) is 9.59 Å². The first-order chi connectivity index (χ1) is 14.6. The van der Waals surface area contributed by atoms with Crippen LogP contribution in [0.4, 0.5) is 5.69 Å². The van der Waals surface area contributed by atoms with Crippen molar-refractivity contribution >= 4 is 17.5 Å². The highest BCUT2D eigenvalue weighted by molar-refractivity contribution is 6.23. The molecule has 30 heavy (non-hydrogen) atoms. The van der Waals surface area contributed by atoms with E-state index in [1.54, 1.807) is 0 Å². The molecular weight excluding hydrogens is 374 g/mol. The van der Waals surface area contributed by atoms with E-state index >= 15 is 0 Å². The van der Waals surface area contributed by atoms with Crippen molar-refractivity contribution in [2.24, 2.45) is 11.8 Å². The minimum atomic E-state index is -0.905. The Labute approximate surface area is 174 Å². The molecule has 0 unspecified atom stereocenters. The van der Waals surface area contributed by atoms with Gasteiger partial charge in [0.15, 0.2) is 0 Å². The number of aliphatic hydroxyl groups is 1. The minimum Gasteiger partial charge on any atom is -0.395 e. The lowest BCUT2D eigenvalue weighted by atomic mass is 9.47. The lowest BCUT2D eigenvalue weighted by molar-refractivity contribution is -0.124. The molecule has 1 aliphatic heterocycles. The average molecular weight is 395 g/mol. The van der Waals surface area contributed by atoms with Crippen LogP contribution in [-0.2, 0) is 15.0 Å². The van der Waals surface area contributed by atoms with Crippen molar-refractivity contribution in [2.75, 3.05) is 11.5 Å². The molecule has 1 heterocycles. The molecule has 2 atom stereocenters. The zero-order valence-electron chi connectivity index (χ0n) is 16.6. The summed E-state index contributed by atoms with van der Waals surface area (Å²) < 4.78 is 0. The summed E-state index contributed by atoms with van der Waals surface area (Å²) in [6, 6.07) is 23.5. The van der Waals surface area contributed by atoms with Crippen molar-refractivity contribution in [1.29, 1.82) is 0 Å². The highest BCUT2D eigenvalue weighted by Gasteiger charge is 2.68. The highest BCUT2D eigenvalue weighted by atomic mass is 16.3. The Morgan fingerprint density at radius 1 is 0.867 bits per heavy atom. The summed E-state index contributed by atoms with van der Waals surface area (Å²) in [6.45, 7) is 1.74. The van der Waals surface area contributed by atoms with Crippen LogP contribution < -0.4 is 4.90 Å². The Balaban J connectivity index is 1.65. The maximum atomic E-state index is 13.8. The van der Waals surface area contributed by atoms with E-state index in [1.807, 2.05) is 79.7 Å². The molecule has 4 aliphatic rings. The first-order valence-electron chi connectivity index (χ1n) is 10.3. The summed E-state index contributed by atoms with van der Waals surface area (Å²) in [4.78, 5) is 28.9. The van der Waals surface area contributed by atoms with Crippen molar-refractivity contribution in [3.05, 3.63) is 101 Å². The predicted molar refractivity (Wildman–Crippen MR) is 113 cm³/mol. The van der Waals surface area contributed by atoms with Gasteiger partial charge in [0.2, 0.25) is 11.8 Å². The monoisotopic (exact) mass is 395 g/mol. The van der Waals surface area contributed by atoms with Crippen LogP contribution in [0.1, 0.15) is 33.7 Å². The fourth-order valence-corrected chi connectivity index (χ4v) is 6.22. The topological polar surface area (TPSA) is 57.6 Å². The van der Waals surface area contributed by atoms with Crippen LogP contribution in [0, 0.1) is 18.8 Å². The van der Waals surface area contributed by atoms with Gasteiger partial charge in [0.25, 0.3) is 0 Å². The predicted octanol–water partition coefficient (Wildman–Crippen LogP) is 3.54. The molecule has 3 aromatic carbocycles. The second kappa shape index (κ2) is 5.89. The van der Waals surface area contributed by atoms with Crippen molar-refractivity contribution in [1.82, 2.24) is 0 Å². The molecule has 4 nitrogen and oxygen atoms in total. The molecule has 148 valence electrons. The Morgan fingerprint density at radius 3 is 2.10 bits per heavy atom. The molecule has 2 bridgehead atoms. The number of nitrogens with zero attached hydrogens (tertiary/aromatic N) is 1. The SMILES string of the molecule is Cc1cccc(N2C(=O)[C@@H]3C4c5ccccc5C(CO)(c5ccccc54)[C@H]3C2=O)c1. The van der Waals surface area contributed by atoms with Crippen molar-refractivity contribution in [3.63, 3.8) is 0 Å². The average Bonchev–Trinajstić information content (AvgIpc) is 3.05. The molecule has 3 aromatic rings. The number of imide groups is 1. The normalized spacial score (nSPS) is 28.3. The smallest absolute Gasteiger partial charge is 0.239 e. The van der Waals surface area contributed by atoms with Gasteiger partial charge in [-0.1, -0.05) is 60.7 Å². The summed E-state index contributed by atoms with van der Waals surface area (Å²) in [6.07, 6.45) is 0. The highest BCUT2D eigenvalue weighted by Crippen LogP contribution is 2.64. The third kappa shape index (κ3) is 1.90. The molecule has 0 radical (unpaired) electrons. The quantitative estimate of drug-likeness (QED) is 0.676. The van der Waals surface area contributed by atoms with E-state index in [0.29, 0.717) is 5.69 Å². The Kier molecular flexibility index (Phi) is 3.46. The van der Waals surface area contributed by atoms with Gasteiger partial charge in [0.1, 0.15) is 0 Å². The van der Waals surface area contributed by atoms with Gasteiger partial charge in [-0.05, 0) is 46.9 Å². The Morgan fingerprint density at radius 2 is 1.50 bits per heavy atom. The van der Waals surface area contributed by atoms with Gasteiger partial charge in [-0.2, -0.15) is 0 Å². The van der Waals surface area contributed by atoms with Crippen molar-refractivity contribution in [3.8, 4) is 0 Å². The maximum Gasteiger partial charge on any atom is 0.239 e. The number of rotatable bonds is 2. The Bertz CT molecular complexity index is 1180. The molecule has 3 aliphatic carbocycles. The second-order valence-electron chi connectivity index (χ2n) is 8.64. The third-order valence-corrected chi connectivity index (χ3v) is 7.30. The van der Waals surface area contributed by atoms with Crippen LogP contribution in [0.25, 0.3) is 0 Å². The fourth-order valence-electron chi connectivity index (χ4n) is 6.22. The van der Waals surface area contributed by atoms with Gasteiger partial charge < -0.3 is 5.11 Å². The molecule has 0 aromatic heterocycles. The molecule has 4 heteroatoms. The molecule has 0 spiro atoms. The maximum absolute atomic E-state index is 13.8. The Hall–Kier alpha value is -3.24. The van der Waals surface area contributed by atoms with E-state index < -0.39 is 17.3 Å². The van der Waals surface area contributed by atoms with E-state index in [2.05, 4.69) is 0 Å². The van der Waals surface area contributed by atoms with Crippen molar-refractivity contribution < 1.29 is 14.7 Å². The van der Waals surface area contributed by atoms with E-state index in [9.17, 15) is 14.7 Å². The number of anilines is 1. The zero-order chi connectivity index (χ0) is 20.6. The van der Waals surface area contributed by atoms with Gasteiger partial charge in [-0.25, -0.2) is 4.90 Å². The first kappa shape index (κ1) is 17.6. The number of amides is 2. The number of carbonyl (C=O) groups is 2.